The summed E-state index contributed by atoms with van der Waals surface area (Å²) in [6, 6.07) is 6.06. The van der Waals surface area contributed by atoms with Crippen molar-refractivity contribution in [1.29, 1.82) is 0 Å². The van der Waals surface area contributed by atoms with Gasteiger partial charge in [-0.15, -0.1) is 0 Å². The maximum Gasteiger partial charge on any atom is 0.408 e. The van der Waals surface area contributed by atoms with Crippen LogP contribution in [0.2, 0.25) is 0 Å². The van der Waals surface area contributed by atoms with Gasteiger partial charge in [0.25, 0.3) is 0 Å². The number of amides is 1. The molecule has 0 fully saturated rings. The smallest absolute Gasteiger partial charge is 0.408 e. The van der Waals surface area contributed by atoms with Crippen LogP contribution < -0.4 is 10.9 Å². The van der Waals surface area contributed by atoms with Crippen molar-refractivity contribution in [3.8, 4) is 0 Å². The van der Waals surface area contributed by atoms with E-state index in [4.69, 9.17) is 9.15 Å². The molecule has 1 N–H and O–H groups in total. The first kappa shape index (κ1) is 18.7. The average molecular weight is 345 g/mol. The number of aryl methyl sites for hydroxylation is 1. The number of ether oxygens (including phenoxy) is 1. The molecule has 1 heterocycles. The molecule has 0 saturated carbocycles. The van der Waals surface area contributed by atoms with Gasteiger partial charge in [-0.3, -0.25) is 4.79 Å². The van der Waals surface area contributed by atoms with Crippen LogP contribution in [0.1, 0.15) is 38.8 Å². The molecule has 1 aromatic carbocycles. The van der Waals surface area contributed by atoms with Gasteiger partial charge in [-0.1, -0.05) is 12.1 Å². The number of carbonyl (C=O) groups excluding carboxylic acids is 2. The van der Waals surface area contributed by atoms with E-state index < -0.39 is 23.4 Å². The van der Waals surface area contributed by atoms with Gasteiger partial charge in [0.05, 0.1) is 6.04 Å². The zero-order valence-corrected chi connectivity index (χ0v) is 15.1. The number of rotatable bonds is 4. The van der Waals surface area contributed by atoms with Crippen molar-refractivity contribution < 1.29 is 18.7 Å². The minimum atomic E-state index is -0.685. The molecule has 2 aromatic rings. The van der Waals surface area contributed by atoms with Crippen molar-refractivity contribution in [2.24, 2.45) is 0 Å². The predicted octanol–water partition coefficient (Wildman–Crippen LogP) is 3.13. The second-order valence-electron chi connectivity index (χ2n) is 7.09. The Morgan fingerprint density at radius 2 is 1.92 bits per heavy atom. The molecule has 0 bridgehead atoms. The summed E-state index contributed by atoms with van der Waals surface area (Å²) in [7, 11) is 0. The highest BCUT2D eigenvalue weighted by molar-refractivity contribution is 5.89. The van der Waals surface area contributed by atoms with Gasteiger partial charge in [-0.25, -0.2) is 9.59 Å². The summed E-state index contributed by atoms with van der Waals surface area (Å²) < 4.78 is 10.3. The van der Waals surface area contributed by atoms with Crippen molar-refractivity contribution in [3.63, 3.8) is 0 Å². The molecule has 1 amide bonds. The predicted molar refractivity (Wildman–Crippen MR) is 94.8 cm³/mol. The van der Waals surface area contributed by atoms with E-state index in [0.29, 0.717) is 11.1 Å². The Morgan fingerprint density at radius 1 is 1.24 bits per heavy atom. The highest BCUT2D eigenvalue weighted by Crippen LogP contribution is 2.18. The van der Waals surface area contributed by atoms with Crippen molar-refractivity contribution >= 4 is 22.8 Å². The maximum absolute atomic E-state index is 12.3. The van der Waals surface area contributed by atoms with Gasteiger partial charge < -0.3 is 14.5 Å². The lowest BCUT2D eigenvalue weighted by Crippen LogP contribution is -2.42. The summed E-state index contributed by atoms with van der Waals surface area (Å²) in [5.41, 5.74) is 0.935. The molecule has 0 aliphatic heterocycles. The summed E-state index contributed by atoms with van der Waals surface area (Å²) in [4.78, 5) is 35.5. The molecule has 0 saturated heterocycles. The first-order valence-electron chi connectivity index (χ1n) is 8.11. The zero-order valence-electron chi connectivity index (χ0n) is 15.1. The Labute approximate surface area is 146 Å². The minimum absolute atomic E-state index is 0.116. The summed E-state index contributed by atoms with van der Waals surface area (Å²) in [5, 5.41) is 3.36. The van der Waals surface area contributed by atoms with E-state index >= 15 is 0 Å². The Morgan fingerprint density at radius 3 is 2.56 bits per heavy atom. The van der Waals surface area contributed by atoms with Crippen LogP contribution in [-0.4, -0.2) is 23.5 Å². The van der Waals surface area contributed by atoms with Gasteiger partial charge in [0.15, 0.2) is 5.78 Å². The van der Waals surface area contributed by atoms with E-state index in [0.717, 1.165) is 10.9 Å². The largest absolute Gasteiger partial charge is 0.444 e. The monoisotopic (exact) mass is 345 g/mol. The van der Waals surface area contributed by atoms with E-state index in [1.54, 1.807) is 33.8 Å². The van der Waals surface area contributed by atoms with Crippen LogP contribution in [-0.2, 0) is 16.0 Å². The van der Waals surface area contributed by atoms with Gasteiger partial charge in [-0.05, 0) is 51.8 Å². The molecule has 0 aliphatic carbocycles. The van der Waals surface area contributed by atoms with Gasteiger partial charge in [-0.2, -0.15) is 0 Å². The van der Waals surface area contributed by atoms with Gasteiger partial charge in [0, 0.05) is 17.9 Å². The Balaban J connectivity index is 2.08. The lowest BCUT2D eigenvalue weighted by Gasteiger charge is -2.21. The van der Waals surface area contributed by atoms with Gasteiger partial charge in [0.1, 0.15) is 11.2 Å². The molecule has 1 atom stereocenters. The van der Waals surface area contributed by atoms with E-state index in [1.807, 2.05) is 19.1 Å². The third-order valence-corrected chi connectivity index (χ3v) is 3.61. The first-order chi connectivity index (χ1) is 11.5. The first-order valence-corrected chi connectivity index (χ1v) is 8.11. The number of benzene rings is 1. The van der Waals surface area contributed by atoms with E-state index in [2.05, 4.69) is 5.32 Å². The second-order valence-corrected chi connectivity index (χ2v) is 7.09. The summed E-state index contributed by atoms with van der Waals surface area (Å²) in [6.07, 6.45) is -0.515. The van der Waals surface area contributed by atoms with Gasteiger partial charge in [0.2, 0.25) is 0 Å². The lowest BCUT2D eigenvalue weighted by atomic mass is 10.0. The molecule has 6 nitrogen and oxygen atoms in total. The molecule has 0 aliphatic rings. The molecule has 0 spiro atoms. The number of nitrogens with one attached hydrogen (secondary N) is 1. The van der Waals surface area contributed by atoms with Crippen LogP contribution in [0, 0.1) is 6.92 Å². The van der Waals surface area contributed by atoms with Crippen LogP contribution in [0.5, 0.6) is 0 Å². The van der Waals surface area contributed by atoms with Crippen molar-refractivity contribution in [2.45, 2.75) is 52.7 Å². The molecular weight excluding hydrogens is 322 g/mol. The molecule has 0 radical (unpaired) electrons. The third kappa shape index (κ3) is 5.17. The van der Waals surface area contributed by atoms with Crippen LogP contribution in [0.25, 0.3) is 11.0 Å². The second kappa shape index (κ2) is 7.09. The number of Topliss-reactive ketones (excluding diaryl/α,β-unsaturated/α-hetero) is 1. The average Bonchev–Trinajstić information content (AvgIpc) is 2.44. The normalized spacial score (nSPS) is 12.7. The number of alkyl carbamates (subject to hydrolysis) is 1. The van der Waals surface area contributed by atoms with Crippen molar-refractivity contribution in [3.05, 3.63) is 45.8 Å². The molecule has 134 valence electrons. The van der Waals surface area contributed by atoms with Crippen molar-refractivity contribution in [2.75, 3.05) is 0 Å². The van der Waals surface area contributed by atoms with Crippen LogP contribution in [0.15, 0.2) is 33.5 Å². The fraction of sp³-hybridized carbons (Fsp3) is 0.421. The van der Waals surface area contributed by atoms with Crippen molar-refractivity contribution in [1.82, 2.24) is 5.32 Å². The standard InChI is InChI=1S/C19H23NO5/c1-11-8-17(22)24-16-10-13(6-7-14(11)16)9-15(21)12(2)20-18(23)25-19(3,4)5/h6-8,10,12H,9H2,1-5H3,(H,20,23)/t12-/m0/s1. The number of carbonyl (C=O) groups is 2. The molecular formula is C19H23NO5. The molecule has 2 rings (SSSR count). The highest BCUT2D eigenvalue weighted by atomic mass is 16.6. The van der Waals surface area contributed by atoms with E-state index in [1.165, 1.54) is 6.07 Å². The summed E-state index contributed by atoms with van der Waals surface area (Å²) in [6.45, 7) is 8.70. The van der Waals surface area contributed by atoms with E-state index in [9.17, 15) is 14.4 Å². The molecule has 6 heteroatoms. The quantitative estimate of drug-likeness (QED) is 0.861. The Hall–Kier alpha value is -2.63. The lowest BCUT2D eigenvalue weighted by molar-refractivity contribution is -0.120. The highest BCUT2D eigenvalue weighted by Gasteiger charge is 2.21. The summed E-state index contributed by atoms with van der Waals surface area (Å²) >= 11 is 0. The van der Waals surface area contributed by atoms with Crippen LogP contribution >= 0.6 is 0 Å². The van der Waals surface area contributed by atoms with E-state index in [-0.39, 0.29) is 12.2 Å². The van der Waals surface area contributed by atoms with Gasteiger partial charge >= 0.3 is 11.7 Å². The zero-order chi connectivity index (χ0) is 18.8. The number of hydrogen-bond donors (Lipinski definition) is 1. The third-order valence-electron chi connectivity index (χ3n) is 3.61. The Bertz CT molecular complexity index is 860. The maximum atomic E-state index is 12.3. The summed E-state index contributed by atoms with van der Waals surface area (Å²) in [5.74, 6) is -0.166. The fourth-order valence-corrected chi connectivity index (χ4v) is 2.40. The number of ketones is 1. The minimum Gasteiger partial charge on any atom is -0.444 e. The Kier molecular flexibility index (Phi) is 5.30. The molecule has 0 unspecified atom stereocenters. The topological polar surface area (TPSA) is 85.6 Å². The molecule has 1 aromatic heterocycles. The SMILES string of the molecule is Cc1cc(=O)oc2cc(CC(=O)[C@H](C)NC(=O)OC(C)(C)C)ccc12. The molecule has 25 heavy (non-hydrogen) atoms. The van der Waals surface area contributed by atoms with Crippen LogP contribution in [0.4, 0.5) is 4.79 Å². The number of hydrogen-bond acceptors (Lipinski definition) is 5. The fourth-order valence-electron chi connectivity index (χ4n) is 2.40. The van der Waals surface area contributed by atoms with Crippen LogP contribution in [0.3, 0.4) is 0 Å². The number of fused-ring (bicyclic) bond motifs is 1.